The van der Waals surface area contributed by atoms with Gasteiger partial charge in [0.25, 0.3) is 0 Å². The van der Waals surface area contributed by atoms with Crippen LogP contribution in [0, 0.1) is 0 Å². The van der Waals surface area contributed by atoms with E-state index in [0.29, 0.717) is 0 Å². The number of anilines is 3. The first-order valence-corrected chi connectivity index (χ1v) is 17.3. The maximum Gasteiger partial charge on any atom is 0.160 e. The zero-order valence-corrected chi connectivity index (χ0v) is 27.7. The van der Waals surface area contributed by atoms with Gasteiger partial charge in [0, 0.05) is 27.2 Å². The number of hydrogen-bond acceptors (Lipinski definition) is 3. The van der Waals surface area contributed by atoms with Crippen LogP contribution in [0.3, 0.4) is 0 Å². The molecule has 3 nitrogen and oxygen atoms in total. The average molecular weight is 654 g/mol. The molecule has 0 atom stereocenters. The van der Waals surface area contributed by atoms with Gasteiger partial charge in [-0.2, -0.15) is 0 Å². The lowest BCUT2D eigenvalue weighted by Gasteiger charge is -2.26. The predicted molar refractivity (Wildman–Crippen MR) is 212 cm³/mol. The van der Waals surface area contributed by atoms with Gasteiger partial charge in [0.2, 0.25) is 0 Å². The highest BCUT2D eigenvalue weighted by atomic mass is 16.3. The average Bonchev–Trinajstić information content (AvgIpc) is 3.79. The maximum absolute atomic E-state index is 6.81. The third-order valence-corrected chi connectivity index (χ3v) is 9.91. The lowest BCUT2D eigenvalue weighted by atomic mass is 9.98. The van der Waals surface area contributed by atoms with E-state index in [1.165, 1.54) is 16.7 Å². The van der Waals surface area contributed by atoms with Gasteiger partial charge in [0.1, 0.15) is 11.2 Å². The molecule has 0 aliphatic carbocycles. The number of hydrogen-bond donors (Lipinski definition) is 0. The van der Waals surface area contributed by atoms with Crippen molar-refractivity contribution >= 4 is 60.9 Å². The molecular formula is C48H31NO2. The lowest BCUT2D eigenvalue weighted by Crippen LogP contribution is -2.10. The van der Waals surface area contributed by atoms with Gasteiger partial charge < -0.3 is 13.7 Å². The summed E-state index contributed by atoms with van der Waals surface area (Å²) in [5.41, 5.74) is 13.3. The van der Waals surface area contributed by atoms with Crippen LogP contribution in [0.15, 0.2) is 197 Å². The zero-order chi connectivity index (χ0) is 33.7. The molecule has 0 aliphatic rings. The van der Waals surface area contributed by atoms with Crippen molar-refractivity contribution in [1.29, 1.82) is 0 Å². The summed E-state index contributed by atoms with van der Waals surface area (Å²) in [7, 11) is 0. The molecule has 2 aromatic heterocycles. The van der Waals surface area contributed by atoms with Crippen LogP contribution < -0.4 is 4.90 Å². The molecule has 0 unspecified atom stereocenters. The molecule has 0 fully saturated rings. The van der Waals surface area contributed by atoms with E-state index in [1.54, 1.807) is 0 Å². The van der Waals surface area contributed by atoms with E-state index in [4.69, 9.17) is 8.83 Å². The Hall–Kier alpha value is -6.84. The minimum Gasteiger partial charge on any atom is -0.454 e. The Kier molecular flexibility index (Phi) is 6.81. The van der Waals surface area contributed by atoms with Crippen LogP contribution in [0.1, 0.15) is 0 Å². The molecule has 0 radical (unpaired) electrons. The van der Waals surface area contributed by atoms with Crippen LogP contribution in [0.25, 0.3) is 77.3 Å². The van der Waals surface area contributed by atoms with Crippen molar-refractivity contribution in [2.75, 3.05) is 4.90 Å². The van der Waals surface area contributed by atoms with Crippen LogP contribution in [-0.4, -0.2) is 0 Å². The van der Waals surface area contributed by atoms with Gasteiger partial charge in [-0.15, -0.1) is 0 Å². The molecule has 2 heterocycles. The Bertz CT molecular complexity index is 2830. The number of rotatable bonds is 6. The standard InChI is InChI=1S/C48H31NO2/c1-3-12-32(13-4-1)33-22-24-34(25-23-33)35-26-28-37(29-27-35)49(42-19-11-18-40-39-16-7-9-20-44(39)50-47(40)42)43-31-30-38(36-14-5-2-6-15-36)46-41-17-8-10-21-45(41)51-48(43)46/h1-31H. The van der Waals surface area contributed by atoms with Gasteiger partial charge in [-0.05, 0) is 69.8 Å². The molecule has 0 saturated heterocycles. The molecular weight excluding hydrogens is 623 g/mol. The Morgan fingerprint density at radius 2 is 0.804 bits per heavy atom. The van der Waals surface area contributed by atoms with E-state index >= 15 is 0 Å². The largest absolute Gasteiger partial charge is 0.454 e. The van der Waals surface area contributed by atoms with Crippen LogP contribution in [-0.2, 0) is 0 Å². The van der Waals surface area contributed by atoms with Crippen LogP contribution >= 0.6 is 0 Å². The van der Waals surface area contributed by atoms with Gasteiger partial charge in [-0.25, -0.2) is 0 Å². The smallest absolute Gasteiger partial charge is 0.160 e. The first-order chi connectivity index (χ1) is 25.3. The van der Waals surface area contributed by atoms with E-state index in [-0.39, 0.29) is 0 Å². The van der Waals surface area contributed by atoms with E-state index in [2.05, 4.69) is 169 Å². The Morgan fingerprint density at radius 1 is 0.314 bits per heavy atom. The van der Waals surface area contributed by atoms with Crippen LogP contribution in [0.2, 0.25) is 0 Å². The van der Waals surface area contributed by atoms with Crippen molar-refractivity contribution in [3.8, 4) is 33.4 Å². The topological polar surface area (TPSA) is 29.5 Å². The van der Waals surface area contributed by atoms with Crippen molar-refractivity contribution in [1.82, 2.24) is 0 Å². The SMILES string of the molecule is c1ccc(-c2ccc(-c3ccc(N(c4cccc5c4oc4ccccc45)c4ccc(-c5ccccc5)c5c4oc4ccccc45)cc3)cc2)cc1. The molecule has 0 spiro atoms. The van der Waals surface area contributed by atoms with E-state index in [0.717, 1.165) is 77.6 Å². The second-order valence-electron chi connectivity index (χ2n) is 12.9. The minimum absolute atomic E-state index is 0.825. The number of furan rings is 2. The highest BCUT2D eigenvalue weighted by Gasteiger charge is 2.25. The van der Waals surface area contributed by atoms with Gasteiger partial charge in [-0.3, -0.25) is 0 Å². The number of fused-ring (bicyclic) bond motifs is 6. The molecule has 51 heavy (non-hydrogen) atoms. The van der Waals surface area contributed by atoms with Gasteiger partial charge >= 0.3 is 0 Å². The summed E-state index contributed by atoms with van der Waals surface area (Å²) in [5, 5.41) is 4.34. The van der Waals surface area contributed by atoms with Gasteiger partial charge in [0.05, 0.1) is 11.4 Å². The van der Waals surface area contributed by atoms with Gasteiger partial charge in [-0.1, -0.05) is 152 Å². The third kappa shape index (κ3) is 4.90. The fraction of sp³-hybridized carbons (Fsp3) is 0. The summed E-state index contributed by atoms with van der Waals surface area (Å²) >= 11 is 0. The fourth-order valence-electron chi connectivity index (χ4n) is 7.45. The third-order valence-electron chi connectivity index (χ3n) is 9.91. The first-order valence-electron chi connectivity index (χ1n) is 17.3. The normalized spacial score (nSPS) is 11.5. The van der Waals surface area contributed by atoms with Crippen LogP contribution in [0.4, 0.5) is 17.1 Å². The summed E-state index contributed by atoms with van der Waals surface area (Å²) < 4.78 is 13.4. The number of para-hydroxylation sites is 3. The van der Waals surface area contributed by atoms with Crippen molar-refractivity contribution in [3.05, 3.63) is 188 Å². The molecule has 0 bridgehead atoms. The molecule has 10 rings (SSSR count). The second kappa shape index (κ2) is 11.9. The molecule has 8 aromatic carbocycles. The van der Waals surface area contributed by atoms with Crippen LogP contribution in [0.5, 0.6) is 0 Å². The summed E-state index contributed by atoms with van der Waals surface area (Å²) in [4.78, 5) is 2.28. The van der Waals surface area contributed by atoms with E-state index in [9.17, 15) is 0 Å². The summed E-state index contributed by atoms with van der Waals surface area (Å²) in [6, 6.07) is 66.0. The molecule has 10 aromatic rings. The fourth-order valence-corrected chi connectivity index (χ4v) is 7.45. The lowest BCUT2D eigenvalue weighted by molar-refractivity contribution is 0.666. The Morgan fingerprint density at radius 3 is 1.49 bits per heavy atom. The summed E-state index contributed by atoms with van der Waals surface area (Å²) in [6.45, 7) is 0. The summed E-state index contributed by atoms with van der Waals surface area (Å²) in [6.07, 6.45) is 0. The Balaban J connectivity index is 1.18. The quantitative estimate of drug-likeness (QED) is 0.179. The minimum atomic E-state index is 0.825. The monoisotopic (exact) mass is 653 g/mol. The molecule has 3 heteroatoms. The number of nitrogens with zero attached hydrogens (tertiary/aromatic N) is 1. The predicted octanol–water partition coefficient (Wildman–Crippen LogP) is 14.0. The highest BCUT2D eigenvalue weighted by Crippen LogP contribution is 2.48. The van der Waals surface area contributed by atoms with Crippen molar-refractivity contribution in [2.45, 2.75) is 0 Å². The summed E-state index contributed by atoms with van der Waals surface area (Å²) in [5.74, 6) is 0. The molecule has 0 amide bonds. The van der Waals surface area contributed by atoms with Crippen molar-refractivity contribution in [3.63, 3.8) is 0 Å². The van der Waals surface area contributed by atoms with E-state index < -0.39 is 0 Å². The van der Waals surface area contributed by atoms with Gasteiger partial charge in [0.15, 0.2) is 11.2 Å². The van der Waals surface area contributed by atoms with Crippen molar-refractivity contribution < 1.29 is 8.83 Å². The molecule has 240 valence electrons. The first kappa shape index (κ1) is 29.1. The number of benzene rings is 8. The van der Waals surface area contributed by atoms with Crippen molar-refractivity contribution in [2.24, 2.45) is 0 Å². The second-order valence-corrected chi connectivity index (χ2v) is 12.9. The Labute approximate surface area is 295 Å². The molecule has 0 N–H and O–H groups in total. The zero-order valence-electron chi connectivity index (χ0n) is 27.7. The van der Waals surface area contributed by atoms with E-state index in [1.807, 2.05) is 24.3 Å². The molecule has 0 aliphatic heterocycles. The highest BCUT2D eigenvalue weighted by molar-refractivity contribution is 6.18. The maximum atomic E-state index is 6.81. The molecule has 0 saturated carbocycles.